The Kier molecular flexibility index (Phi) is 7.55. The van der Waals surface area contributed by atoms with Gasteiger partial charge in [0.25, 0.3) is 5.91 Å². The second kappa shape index (κ2) is 10.2. The lowest BCUT2D eigenvalue weighted by molar-refractivity contribution is 0.0595. The van der Waals surface area contributed by atoms with Crippen LogP contribution < -0.4 is 32.2 Å². The molecule has 2 aromatic carbocycles. The summed E-state index contributed by atoms with van der Waals surface area (Å²) in [6.07, 6.45) is 3.26. The number of nitrogen functional groups attached to an aromatic ring is 3. The minimum Gasteiger partial charge on any atom is -0.492 e. The molecule has 2 heterocycles. The molecular formula is C21H24Cl2N4O5. The summed E-state index contributed by atoms with van der Waals surface area (Å²) in [5, 5.41) is 0.715. The first-order chi connectivity index (χ1) is 15.3. The molecule has 4 rings (SSSR count). The largest absolute Gasteiger partial charge is 0.492 e. The van der Waals surface area contributed by atoms with E-state index in [1.165, 1.54) is 19.2 Å². The number of carbonyl (C=O) groups excluding carboxylic acids is 2. The van der Waals surface area contributed by atoms with Gasteiger partial charge in [-0.25, -0.2) is 10.6 Å². The Labute approximate surface area is 195 Å². The fourth-order valence-corrected chi connectivity index (χ4v) is 4.02. The molecule has 0 fully saturated rings. The highest BCUT2D eigenvalue weighted by Crippen LogP contribution is 2.39. The van der Waals surface area contributed by atoms with Gasteiger partial charge >= 0.3 is 5.97 Å². The fraction of sp³-hybridized carbons (Fsp3) is 0.333. The van der Waals surface area contributed by atoms with Gasteiger partial charge in [0.1, 0.15) is 17.1 Å². The molecule has 0 aliphatic carbocycles. The number of hydrazine groups is 1. The van der Waals surface area contributed by atoms with Crippen LogP contribution in [0.1, 0.15) is 44.7 Å². The summed E-state index contributed by atoms with van der Waals surface area (Å²) < 4.78 is 15.6. The fourth-order valence-electron chi connectivity index (χ4n) is 3.58. The molecule has 2 aliphatic heterocycles. The lowest BCUT2D eigenvalue weighted by atomic mass is 10.00. The van der Waals surface area contributed by atoms with Crippen LogP contribution in [0.5, 0.6) is 11.5 Å². The van der Waals surface area contributed by atoms with Gasteiger partial charge in [0.05, 0.1) is 47.3 Å². The average molecular weight is 483 g/mol. The Morgan fingerprint density at radius 3 is 1.88 bits per heavy atom. The van der Waals surface area contributed by atoms with Crippen LogP contribution >= 0.6 is 23.2 Å². The van der Waals surface area contributed by atoms with Crippen LogP contribution in [0.25, 0.3) is 0 Å². The van der Waals surface area contributed by atoms with Gasteiger partial charge in [-0.15, -0.1) is 0 Å². The number of esters is 1. The Bertz CT molecular complexity index is 978. The Morgan fingerprint density at radius 1 is 0.938 bits per heavy atom. The van der Waals surface area contributed by atoms with E-state index in [2.05, 4.69) is 10.2 Å². The molecular weight excluding hydrogens is 459 g/mol. The van der Waals surface area contributed by atoms with Crippen LogP contribution in [0.15, 0.2) is 12.1 Å². The zero-order valence-electron chi connectivity index (χ0n) is 17.4. The van der Waals surface area contributed by atoms with E-state index >= 15 is 0 Å². The number of nitrogens with two attached hydrogens (primary N) is 3. The summed E-state index contributed by atoms with van der Waals surface area (Å²) in [7, 11) is 1.32. The third-order valence-corrected chi connectivity index (χ3v) is 5.79. The first kappa shape index (κ1) is 23.8. The highest BCUT2D eigenvalue weighted by Gasteiger charge is 2.25. The molecule has 11 heteroatoms. The highest BCUT2D eigenvalue weighted by atomic mass is 35.5. The van der Waals surface area contributed by atoms with Crippen LogP contribution in [0.4, 0.5) is 11.4 Å². The zero-order valence-corrected chi connectivity index (χ0v) is 18.9. The maximum atomic E-state index is 11.5. The number of methoxy groups -OCH3 is 1. The van der Waals surface area contributed by atoms with Gasteiger partial charge in [0.15, 0.2) is 0 Å². The van der Waals surface area contributed by atoms with Crippen LogP contribution in [-0.2, 0) is 17.6 Å². The molecule has 0 radical (unpaired) electrons. The predicted molar refractivity (Wildman–Crippen MR) is 122 cm³/mol. The monoisotopic (exact) mass is 482 g/mol. The second-order valence-corrected chi connectivity index (χ2v) is 7.94. The number of ether oxygens (including phenoxy) is 3. The van der Waals surface area contributed by atoms with E-state index in [1.807, 2.05) is 0 Å². The zero-order chi connectivity index (χ0) is 23.4. The first-order valence-corrected chi connectivity index (χ1v) is 10.6. The van der Waals surface area contributed by atoms with Crippen molar-refractivity contribution < 1.29 is 23.8 Å². The SMILES string of the molecule is COC(=O)c1cc(Cl)c(N)c2c1OCCC2.NNC(=O)c1cc(Cl)c(N)c2c1OCCC2. The maximum absolute atomic E-state index is 11.5. The molecule has 0 atom stereocenters. The van der Waals surface area contributed by atoms with Crippen molar-refractivity contribution in [1.29, 1.82) is 0 Å². The molecule has 2 aliphatic rings. The van der Waals surface area contributed by atoms with E-state index in [9.17, 15) is 9.59 Å². The molecule has 32 heavy (non-hydrogen) atoms. The van der Waals surface area contributed by atoms with Crippen molar-refractivity contribution in [3.05, 3.63) is 44.4 Å². The first-order valence-electron chi connectivity index (χ1n) is 9.86. The lowest BCUT2D eigenvalue weighted by Gasteiger charge is -2.22. The maximum Gasteiger partial charge on any atom is 0.341 e. The number of rotatable bonds is 2. The van der Waals surface area contributed by atoms with Gasteiger partial charge in [-0.3, -0.25) is 10.2 Å². The summed E-state index contributed by atoms with van der Waals surface area (Å²) >= 11 is 11.9. The summed E-state index contributed by atoms with van der Waals surface area (Å²) in [5.74, 6) is 5.22. The molecule has 0 saturated heterocycles. The second-order valence-electron chi connectivity index (χ2n) is 7.12. The number of nitrogens with one attached hydrogen (secondary N) is 1. The number of benzene rings is 2. The summed E-state index contributed by atoms with van der Waals surface area (Å²) in [6.45, 7) is 1.15. The topological polar surface area (TPSA) is 152 Å². The molecule has 0 spiro atoms. The van der Waals surface area contributed by atoms with Gasteiger partial charge < -0.3 is 25.7 Å². The van der Waals surface area contributed by atoms with E-state index in [-0.39, 0.29) is 0 Å². The van der Waals surface area contributed by atoms with E-state index in [0.717, 1.165) is 36.8 Å². The smallest absolute Gasteiger partial charge is 0.341 e. The van der Waals surface area contributed by atoms with Gasteiger partial charge in [-0.2, -0.15) is 0 Å². The van der Waals surface area contributed by atoms with Crippen molar-refractivity contribution in [2.24, 2.45) is 5.84 Å². The number of amides is 1. The van der Waals surface area contributed by atoms with Gasteiger partial charge in [-0.1, -0.05) is 23.2 Å². The molecule has 2 aromatic rings. The standard InChI is InChI=1S/C11H12ClNO3.C10H12ClN3O2/c1-15-11(14)7-5-8(12)9(13)6-3-2-4-16-10(6)7;11-7-4-6(10(15)14-13)9-5(8(7)12)2-1-3-16-9/h5H,2-4,13H2,1H3;4H,1-3,12-13H2,(H,14,15). The van der Waals surface area contributed by atoms with E-state index < -0.39 is 11.9 Å². The van der Waals surface area contributed by atoms with Crippen LogP contribution in [0.2, 0.25) is 10.0 Å². The van der Waals surface area contributed by atoms with Crippen LogP contribution in [-0.4, -0.2) is 32.2 Å². The number of anilines is 2. The van der Waals surface area contributed by atoms with Crippen LogP contribution in [0, 0.1) is 0 Å². The van der Waals surface area contributed by atoms with E-state index in [1.54, 1.807) is 0 Å². The minimum atomic E-state index is -0.458. The number of halogens is 2. The molecule has 0 saturated carbocycles. The van der Waals surface area contributed by atoms with Crippen molar-refractivity contribution in [3.63, 3.8) is 0 Å². The van der Waals surface area contributed by atoms with Gasteiger partial charge in [0, 0.05) is 11.1 Å². The highest BCUT2D eigenvalue weighted by molar-refractivity contribution is 6.34. The Morgan fingerprint density at radius 2 is 1.41 bits per heavy atom. The van der Waals surface area contributed by atoms with Crippen molar-refractivity contribution in [3.8, 4) is 11.5 Å². The quantitative estimate of drug-likeness (QED) is 0.167. The average Bonchev–Trinajstić information content (AvgIpc) is 2.83. The third-order valence-electron chi connectivity index (χ3n) is 5.16. The lowest BCUT2D eigenvalue weighted by Crippen LogP contribution is -2.31. The van der Waals surface area contributed by atoms with Gasteiger partial charge in [-0.05, 0) is 37.8 Å². The van der Waals surface area contributed by atoms with Crippen molar-refractivity contribution in [1.82, 2.24) is 5.43 Å². The number of hydrogen-bond acceptors (Lipinski definition) is 8. The molecule has 1 amide bonds. The number of hydrogen-bond donors (Lipinski definition) is 4. The van der Waals surface area contributed by atoms with Crippen LogP contribution in [0.3, 0.4) is 0 Å². The Balaban J connectivity index is 0.000000181. The van der Waals surface area contributed by atoms with Gasteiger partial charge in [0.2, 0.25) is 0 Å². The molecule has 0 bridgehead atoms. The summed E-state index contributed by atoms with van der Waals surface area (Å²) in [6, 6.07) is 2.97. The molecule has 7 N–H and O–H groups in total. The normalized spacial score (nSPS) is 13.9. The van der Waals surface area contributed by atoms with Crippen molar-refractivity contribution >= 4 is 46.5 Å². The Hall–Kier alpha value is -2.88. The summed E-state index contributed by atoms with van der Waals surface area (Å²) in [4.78, 5) is 23.1. The number of fused-ring (bicyclic) bond motifs is 2. The van der Waals surface area contributed by atoms with E-state index in [0.29, 0.717) is 57.3 Å². The molecule has 9 nitrogen and oxygen atoms in total. The van der Waals surface area contributed by atoms with E-state index in [4.69, 9.17) is 50.0 Å². The third kappa shape index (κ3) is 4.64. The predicted octanol–water partition coefficient (Wildman–Crippen LogP) is 2.88. The molecule has 0 aromatic heterocycles. The summed E-state index contributed by atoms with van der Waals surface area (Å²) in [5.41, 5.74) is 17.0. The molecule has 0 unspecified atom stereocenters. The number of carbonyl (C=O) groups is 2. The minimum absolute atomic E-state index is 0.330. The van der Waals surface area contributed by atoms with Crippen molar-refractivity contribution in [2.45, 2.75) is 25.7 Å². The molecule has 172 valence electrons. The van der Waals surface area contributed by atoms with Crippen molar-refractivity contribution in [2.75, 3.05) is 31.8 Å².